The fraction of sp³-hybridized carbons (Fsp3) is 0.667. The summed E-state index contributed by atoms with van der Waals surface area (Å²) < 4.78 is 0. The minimum Gasteiger partial charge on any atom is -0.480 e. The van der Waals surface area contributed by atoms with Crippen molar-refractivity contribution in [1.29, 1.82) is 0 Å². The van der Waals surface area contributed by atoms with Crippen LogP contribution in [-0.2, 0) is 14.4 Å². The van der Waals surface area contributed by atoms with E-state index in [0.29, 0.717) is 0 Å². The van der Waals surface area contributed by atoms with E-state index in [0.717, 1.165) is 5.01 Å². The molecule has 0 aliphatic carbocycles. The molecule has 1 rings (SSSR count). The van der Waals surface area contributed by atoms with Gasteiger partial charge in [-0.3, -0.25) is 14.4 Å². The van der Waals surface area contributed by atoms with Crippen LogP contribution < -0.4 is 11.2 Å². The Morgan fingerprint density at radius 3 is 2.44 bits per heavy atom. The van der Waals surface area contributed by atoms with E-state index >= 15 is 0 Å². The molecule has 1 aliphatic heterocycles. The number of β-amino-alcohol motifs (C(OH)–C–C–N with tert-alkyl or cyclic N) is 1. The highest BCUT2D eigenvalue weighted by Crippen LogP contribution is 2.16. The molecule has 0 aromatic heterocycles. The summed E-state index contributed by atoms with van der Waals surface area (Å²) in [5.74, 6) is -3.32. The Morgan fingerprint density at radius 1 is 1.39 bits per heavy atom. The van der Waals surface area contributed by atoms with E-state index in [4.69, 9.17) is 15.9 Å². The third kappa shape index (κ3) is 3.65. The van der Waals surface area contributed by atoms with E-state index in [2.05, 4.69) is 5.43 Å². The van der Waals surface area contributed by atoms with E-state index in [1.807, 2.05) is 0 Å². The highest BCUT2D eigenvalue weighted by molar-refractivity contribution is 5.83. The largest absolute Gasteiger partial charge is 0.480 e. The Hall–Kier alpha value is -1.71. The topological polar surface area (TPSA) is 153 Å². The summed E-state index contributed by atoms with van der Waals surface area (Å²) in [7, 11) is 0. The van der Waals surface area contributed by atoms with Crippen molar-refractivity contribution < 1.29 is 29.7 Å². The van der Waals surface area contributed by atoms with Gasteiger partial charge in [0.05, 0.1) is 12.5 Å². The molecule has 0 aromatic rings. The molecule has 9 nitrogen and oxygen atoms in total. The number of carboxylic acid groups (broad SMARTS) is 2. The van der Waals surface area contributed by atoms with E-state index in [1.165, 1.54) is 0 Å². The monoisotopic (exact) mass is 261 g/mol. The third-order valence-electron chi connectivity index (χ3n) is 2.59. The molecule has 102 valence electrons. The SMILES string of the molecule is NC(=O)C[C@H](NN1CC(O)C[C@H]1C(=O)O)C(=O)O. The van der Waals surface area contributed by atoms with Gasteiger partial charge in [0.25, 0.3) is 0 Å². The minimum atomic E-state index is -1.32. The molecule has 0 spiro atoms. The Kier molecular flexibility index (Phi) is 4.59. The fourth-order valence-electron chi connectivity index (χ4n) is 1.78. The first kappa shape index (κ1) is 14.4. The molecule has 6 N–H and O–H groups in total. The van der Waals surface area contributed by atoms with Gasteiger partial charge >= 0.3 is 11.9 Å². The quantitative estimate of drug-likeness (QED) is 0.347. The van der Waals surface area contributed by atoms with Crippen LogP contribution in [0.15, 0.2) is 0 Å². The van der Waals surface area contributed by atoms with Gasteiger partial charge in [-0.2, -0.15) is 0 Å². The average Bonchev–Trinajstić information content (AvgIpc) is 2.57. The number of carboxylic acids is 2. The highest BCUT2D eigenvalue weighted by Gasteiger charge is 2.38. The van der Waals surface area contributed by atoms with E-state index in [1.54, 1.807) is 0 Å². The predicted molar refractivity (Wildman–Crippen MR) is 57.1 cm³/mol. The number of amides is 1. The first-order valence-corrected chi connectivity index (χ1v) is 5.26. The number of nitrogens with two attached hydrogens (primary N) is 1. The third-order valence-corrected chi connectivity index (χ3v) is 2.59. The average molecular weight is 261 g/mol. The van der Waals surface area contributed by atoms with Crippen LogP contribution in [0, 0.1) is 0 Å². The van der Waals surface area contributed by atoms with Crippen molar-refractivity contribution in [2.24, 2.45) is 5.73 Å². The fourth-order valence-corrected chi connectivity index (χ4v) is 1.78. The lowest BCUT2D eigenvalue weighted by molar-refractivity contribution is -0.148. The number of hydrogen-bond acceptors (Lipinski definition) is 6. The second-order valence-corrected chi connectivity index (χ2v) is 4.09. The van der Waals surface area contributed by atoms with Crippen molar-refractivity contribution in [3.63, 3.8) is 0 Å². The number of carbonyl (C=O) groups is 3. The highest BCUT2D eigenvalue weighted by atomic mass is 16.4. The molecule has 0 radical (unpaired) electrons. The van der Waals surface area contributed by atoms with E-state index in [9.17, 15) is 19.5 Å². The normalized spacial score (nSPS) is 25.8. The lowest BCUT2D eigenvalue weighted by atomic mass is 10.2. The van der Waals surface area contributed by atoms with Crippen molar-refractivity contribution in [2.45, 2.75) is 31.0 Å². The van der Waals surface area contributed by atoms with Crippen molar-refractivity contribution in [2.75, 3.05) is 6.54 Å². The number of aliphatic carboxylic acids is 2. The Bertz CT molecular complexity index is 360. The molecule has 1 heterocycles. The number of nitrogens with one attached hydrogen (secondary N) is 1. The van der Waals surface area contributed by atoms with Gasteiger partial charge in [0.15, 0.2) is 0 Å². The Balaban J connectivity index is 2.70. The Labute approximate surface area is 102 Å². The van der Waals surface area contributed by atoms with Crippen LogP contribution >= 0.6 is 0 Å². The summed E-state index contributed by atoms with van der Waals surface area (Å²) in [4.78, 5) is 32.5. The van der Waals surface area contributed by atoms with E-state index < -0.39 is 42.5 Å². The molecule has 3 atom stereocenters. The maximum atomic E-state index is 10.9. The molecular formula is C9H15N3O6. The van der Waals surface area contributed by atoms with Crippen LogP contribution in [0.25, 0.3) is 0 Å². The first-order chi connectivity index (χ1) is 8.31. The molecule has 1 fully saturated rings. The van der Waals surface area contributed by atoms with Crippen LogP contribution in [0.1, 0.15) is 12.8 Å². The number of primary amides is 1. The minimum absolute atomic E-state index is 0.00869. The first-order valence-electron chi connectivity index (χ1n) is 5.26. The van der Waals surface area contributed by atoms with Crippen LogP contribution in [0.3, 0.4) is 0 Å². The molecule has 1 amide bonds. The summed E-state index contributed by atoms with van der Waals surface area (Å²) in [5, 5.41) is 28.2. The lowest BCUT2D eigenvalue weighted by Gasteiger charge is -2.25. The standard InChI is InChI=1S/C9H15N3O6/c10-7(14)2-5(8(15)16)11-12-3-4(13)1-6(12)9(17)18/h4-6,11,13H,1-3H2,(H2,10,14)(H,15,16)(H,17,18)/t4?,5-,6-/m0/s1. The number of carbonyl (C=O) groups excluding carboxylic acids is 1. The molecule has 18 heavy (non-hydrogen) atoms. The van der Waals surface area contributed by atoms with Gasteiger partial charge in [0.2, 0.25) is 5.91 Å². The van der Waals surface area contributed by atoms with Crippen LogP contribution in [0.5, 0.6) is 0 Å². The molecule has 9 heteroatoms. The number of hydrogen-bond donors (Lipinski definition) is 5. The number of aliphatic hydroxyl groups excluding tert-OH is 1. The summed E-state index contributed by atoms with van der Waals surface area (Å²) in [6.45, 7) is -0.0283. The Morgan fingerprint density at radius 2 is 2.00 bits per heavy atom. The maximum Gasteiger partial charge on any atom is 0.322 e. The van der Waals surface area contributed by atoms with Crippen molar-refractivity contribution >= 4 is 17.8 Å². The molecule has 0 aromatic carbocycles. The van der Waals surface area contributed by atoms with Crippen LogP contribution in [0.4, 0.5) is 0 Å². The zero-order valence-corrected chi connectivity index (χ0v) is 9.44. The summed E-state index contributed by atoms with van der Waals surface area (Å²) in [6, 6.07) is -2.34. The van der Waals surface area contributed by atoms with Gasteiger partial charge in [-0.05, 0) is 0 Å². The van der Waals surface area contributed by atoms with Crippen molar-refractivity contribution in [3.8, 4) is 0 Å². The summed E-state index contributed by atoms with van der Waals surface area (Å²) in [6.07, 6.45) is -1.33. The van der Waals surface area contributed by atoms with E-state index in [-0.39, 0.29) is 13.0 Å². The number of hydrazine groups is 1. The number of aliphatic hydroxyl groups is 1. The molecule has 0 bridgehead atoms. The zero-order chi connectivity index (χ0) is 13.9. The number of rotatable bonds is 6. The van der Waals surface area contributed by atoms with Crippen molar-refractivity contribution in [3.05, 3.63) is 0 Å². The maximum absolute atomic E-state index is 10.9. The molecule has 1 saturated heterocycles. The molecular weight excluding hydrogens is 246 g/mol. The predicted octanol–water partition coefficient (Wildman–Crippen LogP) is -2.66. The van der Waals surface area contributed by atoms with Gasteiger partial charge in [-0.1, -0.05) is 0 Å². The smallest absolute Gasteiger partial charge is 0.322 e. The lowest BCUT2D eigenvalue weighted by Crippen LogP contribution is -2.53. The van der Waals surface area contributed by atoms with Crippen LogP contribution in [-0.4, -0.2) is 62.9 Å². The second kappa shape index (κ2) is 5.76. The number of nitrogens with zero attached hydrogens (tertiary/aromatic N) is 1. The summed E-state index contributed by atoms with van der Waals surface area (Å²) in [5.41, 5.74) is 7.30. The second-order valence-electron chi connectivity index (χ2n) is 4.09. The van der Waals surface area contributed by atoms with Gasteiger partial charge in [-0.25, -0.2) is 10.4 Å². The van der Waals surface area contributed by atoms with Gasteiger partial charge in [0.1, 0.15) is 12.1 Å². The molecule has 1 unspecified atom stereocenters. The van der Waals surface area contributed by atoms with Crippen LogP contribution in [0.2, 0.25) is 0 Å². The van der Waals surface area contributed by atoms with Crippen molar-refractivity contribution in [1.82, 2.24) is 10.4 Å². The summed E-state index contributed by atoms with van der Waals surface area (Å²) >= 11 is 0. The zero-order valence-electron chi connectivity index (χ0n) is 9.44. The molecule has 1 aliphatic rings. The van der Waals surface area contributed by atoms with Gasteiger partial charge < -0.3 is 21.1 Å². The van der Waals surface area contributed by atoms with Gasteiger partial charge in [0, 0.05) is 13.0 Å². The molecule has 0 saturated carbocycles. The van der Waals surface area contributed by atoms with Gasteiger partial charge in [-0.15, -0.1) is 0 Å².